The molecule has 1 fully saturated rings. The molecular formula is C11H22N2O2. The molecule has 88 valence electrons. The number of nitrogens with two attached hydrogens (primary N) is 1. The minimum Gasteiger partial charge on any atom is -0.392 e. The molecule has 3 atom stereocenters. The van der Waals surface area contributed by atoms with Crippen LogP contribution in [-0.2, 0) is 4.79 Å². The second-order valence-corrected chi connectivity index (χ2v) is 5.40. The number of carbonyl (C=O) groups is 1. The zero-order chi connectivity index (χ0) is 11.8. The lowest BCUT2D eigenvalue weighted by atomic mass is 9.64. The van der Waals surface area contributed by atoms with E-state index in [1.54, 1.807) is 0 Å². The molecule has 0 aromatic heterocycles. The molecule has 4 heteroatoms. The first-order valence-electron chi connectivity index (χ1n) is 5.50. The zero-order valence-corrected chi connectivity index (χ0v) is 9.95. The van der Waals surface area contributed by atoms with Gasteiger partial charge in [-0.15, -0.1) is 0 Å². The summed E-state index contributed by atoms with van der Waals surface area (Å²) in [4.78, 5) is 11.7. The maximum Gasteiger partial charge on any atom is 0.237 e. The van der Waals surface area contributed by atoms with Crippen molar-refractivity contribution in [1.29, 1.82) is 0 Å². The lowest BCUT2D eigenvalue weighted by Gasteiger charge is -2.49. The quantitative estimate of drug-likeness (QED) is 0.630. The summed E-state index contributed by atoms with van der Waals surface area (Å²) in [5.74, 6) is 0.0214. The molecule has 1 aliphatic carbocycles. The van der Waals surface area contributed by atoms with Gasteiger partial charge in [0.05, 0.1) is 12.1 Å². The second-order valence-electron chi connectivity index (χ2n) is 5.40. The van der Waals surface area contributed by atoms with E-state index in [9.17, 15) is 9.90 Å². The Balaban J connectivity index is 2.47. The minimum absolute atomic E-state index is 0.0461. The molecule has 4 N–H and O–H groups in total. The first-order valence-corrected chi connectivity index (χ1v) is 5.50. The van der Waals surface area contributed by atoms with Crippen molar-refractivity contribution in [1.82, 2.24) is 5.32 Å². The van der Waals surface area contributed by atoms with E-state index < -0.39 is 6.04 Å². The first-order chi connectivity index (χ1) is 6.76. The summed E-state index contributed by atoms with van der Waals surface area (Å²) in [6.07, 6.45) is 0.307. The Morgan fingerprint density at radius 2 is 2.07 bits per heavy atom. The van der Waals surface area contributed by atoms with Gasteiger partial charge in [-0.25, -0.2) is 0 Å². The third-order valence-corrected chi connectivity index (χ3v) is 3.55. The Morgan fingerprint density at radius 3 is 2.40 bits per heavy atom. The van der Waals surface area contributed by atoms with Gasteiger partial charge >= 0.3 is 0 Å². The van der Waals surface area contributed by atoms with E-state index in [0.29, 0.717) is 6.42 Å². The molecule has 1 rings (SSSR count). The van der Waals surface area contributed by atoms with E-state index in [1.165, 1.54) is 0 Å². The molecule has 0 aromatic carbocycles. The van der Waals surface area contributed by atoms with Crippen LogP contribution < -0.4 is 11.1 Å². The Morgan fingerprint density at radius 1 is 1.53 bits per heavy atom. The lowest BCUT2D eigenvalue weighted by molar-refractivity contribution is -0.131. The largest absolute Gasteiger partial charge is 0.392 e. The van der Waals surface area contributed by atoms with Gasteiger partial charge in [0.2, 0.25) is 5.91 Å². The molecule has 0 aliphatic heterocycles. The molecule has 15 heavy (non-hydrogen) atoms. The van der Waals surface area contributed by atoms with Crippen molar-refractivity contribution in [3.8, 4) is 0 Å². The van der Waals surface area contributed by atoms with Crippen molar-refractivity contribution < 1.29 is 9.90 Å². The summed E-state index contributed by atoms with van der Waals surface area (Å²) in [6, 6.07) is -0.414. The number of aliphatic hydroxyl groups is 1. The van der Waals surface area contributed by atoms with Crippen LogP contribution >= 0.6 is 0 Å². The highest BCUT2D eigenvalue weighted by atomic mass is 16.3. The van der Waals surface area contributed by atoms with Crippen LogP contribution in [0, 0.1) is 11.3 Å². The Kier molecular flexibility index (Phi) is 3.41. The van der Waals surface area contributed by atoms with Gasteiger partial charge in [-0.05, 0) is 12.3 Å². The van der Waals surface area contributed by atoms with Crippen LogP contribution in [0.4, 0.5) is 0 Å². The van der Waals surface area contributed by atoms with Gasteiger partial charge < -0.3 is 16.2 Å². The van der Waals surface area contributed by atoms with E-state index in [-0.39, 0.29) is 29.4 Å². The van der Waals surface area contributed by atoms with Crippen molar-refractivity contribution >= 4 is 5.91 Å². The summed E-state index contributed by atoms with van der Waals surface area (Å²) in [7, 11) is 0. The molecule has 0 heterocycles. The van der Waals surface area contributed by atoms with Crippen molar-refractivity contribution in [2.24, 2.45) is 17.1 Å². The molecule has 0 spiro atoms. The summed E-state index contributed by atoms with van der Waals surface area (Å²) < 4.78 is 0. The highest BCUT2D eigenvalue weighted by Gasteiger charge is 2.48. The molecule has 0 radical (unpaired) electrons. The normalized spacial score (nSPS) is 30.9. The minimum atomic E-state index is -0.460. The van der Waals surface area contributed by atoms with Crippen molar-refractivity contribution in [2.45, 2.75) is 52.3 Å². The highest BCUT2D eigenvalue weighted by Crippen LogP contribution is 2.40. The Labute approximate surface area is 91.2 Å². The summed E-state index contributed by atoms with van der Waals surface area (Å²) in [5.41, 5.74) is 5.51. The maximum absolute atomic E-state index is 11.7. The SMILES string of the molecule is CC(C)[C@H](N)C(=O)NC1CC(O)C1(C)C. The van der Waals surface area contributed by atoms with E-state index in [4.69, 9.17) is 5.73 Å². The topological polar surface area (TPSA) is 75.4 Å². The Bertz CT molecular complexity index is 251. The van der Waals surface area contributed by atoms with Crippen LogP contribution in [0.3, 0.4) is 0 Å². The van der Waals surface area contributed by atoms with Gasteiger partial charge in [-0.2, -0.15) is 0 Å². The number of carbonyl (C=O) groups excluding carboxylic acids is 1. The van der Waals surface area contributed by atoms with Crippen LogP contribution in [-0.4, -0.2) is 29.2 Å². The second kappa shape index (κ2) is 4.10. The molecule has 1 aliphatic rings. The molecule has 1 amide bonds. The maximum atomic E-state index is 11.7. The van der Waals surface area contributed by atoms with E-state index in [1.807, 2.05) is 27.7 Å². The van der Waals surface area contributed by atoms with Crippen LogP contribution in [0.2, 0.25) is 0 Å². The van der Waals surface area contributed by atoms with Gasteiger partial charge in [0, 0.05) is 11.5 Å². The van der Waals surface area contributed by atoms with Crippen molar-refractivity contribution in [3.63, 3.8) is 0 Å². The van der Waals surface area contributed by atoms with E-state index in [0.717, 1.165) is 0 Å². The average molecular weight is 214 g/mol. The van der Waals surface area contributed by atoms with E-state index >= 15 is 0 Å². The number of rotatable bonds is 3. The number of nitrogens with one attached hydrogen (secondary N) is 1. The summed E-state index contributed by atoms with van der Waals surface area (Å²) >= 11 is 0. The molecule has 0 saturated heterocycles. The predicted molar refractivity (Wildman–Crippen MR) is 59.1 cm³/mol. The highest BCUT2D eigenvalue weighted by molar-refractivity contribution is 5.82. The third kappa shape index (κ3) is 2.32. The average Bonchev–Trinajstić information content (AvgIpc) is 2.15. The van der Waals surface area contributed by atoms with Gasteiger partial charge in [0.25, 0.3) is 0 Å². The smallest absolute Gasteiger partial charge is 0.237 e. The number of hydrogen-bond donors (Lipinski definition) is 3. The monoisotopic (exact) mass is 214 g/mol. The molecule has 0 aromatic rings. The van der Waals surface area contributed by atoms with E-state index in [2.05, 4.69) is 5.32 Å². The van der Waals surface area contributed by atoms with Crippen molar-refractivity contribution in [3.05, 3.63) is 0 Å². The van der Waals surface area contributed by atoms with Gasteiger partial charge in [-0.3, -0.25) is 4.79 Å². The number of hydrogen-bond acceptors (Lipinski definition) is 3. The number of amides is 1. The van der Waals surface area contributed by atoms with Crippen LogP contribution in [0.5, 0.6) is 0 Å². The summed E-state index contributed by atoms with van der Waals surface area (Å²) in [5, 5.41) is 12.4. The zero-order valence-electron chi connectivity index (χ0n) is 9.95. The fourth-order valence-electron chi connectivity index (χ4n) is 1.72. The molecule has 1 saturated carbocycles. The predicted octanol–water partition coefficient (Wildman–Crippen LogP) is 0.245. The van der Waals surface area contributed by atoms with Crippen molar-refractivity contribution in [2.75, 3.05) is 0 Å². The van der Waals surface area contributed by atoms with Gasteiger partial charge in [0.1, 0.15) is 0 Å². The molecule has 2 unspecified atom stereocenters. The van der Waals surface area contributed by atoms with Crippen LogP contribution in [0.1, 0.15) is 34.1 Å². The Hall–Kier alpha value is -0.610. The van der Waals surface area contributed by atoms with Crippen LogP contribution in [0.25, 0.3) is 0 Å². The standard InChI is InChI=1S/C11H22N2O2/c1-6(2)9(12)10(15)13-7-5-8(14)11(7,3)4/h6-9,14H,5,12H2,1-4H3,(H,13,15)/t7?,8?,9-/m0/s1. The summed E-state index contributed by atoms with van der Waals surface area (Å²) in [6.45, 7) is 7.75. The van der Waals surface area contributed by atoms with Gasteiger partial charge in [-0.1, -0.05) is 27.7 Å². The molecular weight excluding hydrogens is 192 g/mol. The molecule has 0 bridgehead atoms. The lowest BCUT2D eigenvalue weighted by Crippen LogP contribution is -2.63. The third-order valence-electron chi connectivity index (χ3n) is 3.55. The fraction of sp³-hybridized carbons (Fsp3) is 0.909. The first kappa shape index (κ1) is 12.5. The van der Waals surface area contributed by atoms with Gasteiger partial charge in [0.15, 0.2) is 0 Å². The van der Waals surface area contributed by atoms with Crippen LogP contribution in [0.15, 0.2) is 0 Å². The fourth-order valence-corrected chi connectivity index (χ4v) is 1.72. The molecule has 4 nitrogen and oxygen atoms in total. The number of aliphatic hydroxyl groups excluding tert-OH is 1.